The van der Waals surface area contributed by atoms with Crippen LogP contribution in [0.1, 0.15) is 41.5 Å². The van der Waals surface area contributed by atoms with Crippen molar-refractivity contribution in [2.75, 3.05) is 6.61 Å². The van der Waals surface area contributed by atoms with Crippen LogP contribution in [-0.2, 0) is 9.47 Å². The zero-order chi connectivity index (χ0) is 13.4. The molecule has 100 valence electrons. The van der Waals surface area contributed by atoms with E-state index in [1.807, 2.05) is 27.7 Å². The van der Waals surface area contributed by atoms with Crippen LogP contribution in [-0.4, -0.2) is 46.2 Å². The molecule has 1 heterocycles. The summed E-state index contributed by atoms with van der Waals surface area (Å²) in [6.45, 7) is 10.7. The first-order valence-electron chi connectivity index (χ1n) is 5.89. The van der Waals surface area contributed by atoms with Crippen LogP contribution >= 0.6 is 0 Å². The van der Waals surface area contributed by atoms with E-state index in [1.54, 1.807) is 13.8 Å². The van der Waals surface area contributed by atoms with Crippen LogP contribution < -0.4 is 0 Å². The molecule has 1 aliphatic heterocycles. The maximum atomic E-state index is 12.1. The molecule has 5 heteroatoms. The van der Waals surface area contributed by atoms with Gasteiger partial charge < -0.3 is 14.6 Å². The van der Waals surface area contributed by atoms with E-state index in [4.69, 9.17) is 9.47 Å². The lowest BCUT2D eigenvalue weighted by Crippen LogP contribution is -2.51. The fraction of sp³-hybridized carbons (Fsp3) is 0.917. The van der Waals surface area contributed by atoms with Crippen molar-refractivity contribution in [3.05, 3.63) is 0 Å². The molecular weight excluding hydrogens is 222 g/mol. The average Bonchev–Trinajstić information content (AvgIpc) is 2.31. The first kappa shape index (κ1) is 14.3. The van der Waals surface area contributed by atoms with Crippen LogP contribution in [0.15, 0.2) is 0 Å². The quantitative estimate of drug-likeness (QED) is 0.764. The van der Waals surface area contributed by atoms with E-state index in [2.05, 4.69) is 0 Å². The first-order chi connectivity index (χ1) is 7.58. The highest BCUT2D eigenvalue weighted by Gasteiger charge is 2.49. The highest BCUT2D eigenvalue weighted by Crippen LogP contribution is 2.33. The van der Waals surface area contributed by atoms with Gasteiger partial charge in [-0.05, 0) is 41.5 Å². The Morgan fingerprint density at radius 2 is 2.00 bits per heavy atom. The van der Waals surface area contributed by atoms with Gasteiger partial charge in [0.25, 0.3) is 0 Å². The van der Waals surface area contributed by atoms with E-state index in [-0.39, 0.29) is 18.8 Å². The van der Waals surface area contributed by atoms with E-state index >= 15 is 0 Å². The number of aliphatic hydroxyl groups is 1. The summed E-state index contributed by atoms with van der Waals surface area (Å²) in [5, 5.41) is 9.36. The zero-order valence-electron chi connectivity index (χ0n) is 11.5. The number of hydrogen-bond acceptors (Lipinski definition) is 4. The van der Waals surface area contributed by atoms with E-state index in [1.165, 1.54) is 4.90 Å². The Balaban J connectivity index is 2.89. The molecule has 1 N–H and O–H groups in total. The second-order valence-corrected chi connectivity index (χ2v) is 5.87. The molecule has 1 saturated heterocycles. The lowest BCUT2D eigenvalue weighted by molar-refractivity contribution is -0.0762. The van der Waals surface area contributed by atoms with Crippen molar-refractivity contribution in [3.8, 4) is 0 Å². The van der Waals surface area contributed by atoms with E-state index in [9.17, 15) is 9.90 Å². The van der Waals surface area contributed by atoms with Crippen LogP contribution in [0.2, 0.25) is 0 Å². The molecule has 1 amide bonds. The molecule has 0 radical (unpaired) electrons. The third kappa shape index (κ3) is 3.10. The molecule has 1 fully saturated rings. The molecule has 0 aromatic rings. The van der Waals surface area contributed by atoms with Crippen molar-refractivity contribution < 1.29 is 19.4 Å². The molecule has 0 aliphatic carbocycles. The number of hydrogen-bond donors (Lipinski definition) is 1. The molecule has 1 aliphatic rings. The predicted molar refractivity (Wildman–Crippen MR) is 63.6 cm³/mol. The van der Waals surface area contributed by atoms with Crippen molar-refractivity contribution in [2.24, 2.45) is 0 Å². The van der Waals surface area contributed by atoms with Gasteiger partial charge in [0, 0.05) is 0 Å². The Morgan fingerprint density at radius 3 is 2.41 bits per heavy atom. The molecule has 5 nitrogen and oxygen atoms in total. The number of carbonyl (C=O) groups excluding carboxylic acids is 1. The Bertz CT molecular complexity index is 295. The number of ether oxygens (including phenoxy) is 2. The molecule has 0 aromatic carbocycles. The smallest absolute Gasteiger partial charge is 0.412 e. The van der Waals surface area contributed by atoms with Crippen LogP contribution in [0, 0.1) is 0 Å². The molecule has 0 saturated carbocycles. The Morgan fingerprint density at radius 1 is 1.47 bits per heavy atom. The fourth-order valence-electron chi connectivity index (χ4n) is 2.10. The molecule has 0 aromatic heterocycles. The summed E-state index contributed by atoms with van der Waals surface area (Å²) in [5.74, 6) is 0. The maximum Gasteiger partial charge on any atom is 0.412 e. The van der Waals surface area contributed by atoms with Crippen LogP contribution in [0.3, 0.4) is 0 Å². The van der Waals surface area contributed by atoms with E-state index < -0.39 is 17.4 Å². The van der Waals surface area contributed by atoms with Gasteiger partial charge in [-0.15, -0.1) is 0 Å². The number of amides is 1. The van der Waals surface area contributed by atoms with Crippen LogP contribution in [0.4, 0.5) is 4.79 Å². The minimum absolute atomic E-state index is 0.135. The van der Waals surface area contributed by atoms with Crippen molar-refractivity contribution in [1.29, 1.82) is 0 Å². The van der Waals surface area contributed by atoms with Crippen molar-refractivity contribution in [1.82, 2.24) is 4.90 Å². The summed E-state index contributed by atoms with van der Waals surface area (Å²) < 4.78 is 11.0. The normalized spacial score (nSPS) is 28.3. The zero-order valence-corrected chi connectivity index (χ0v) is 11.5. The van der Waals surface area contributed by atoms with Gasteiger partial charge >= 0.3 is 6.09 Å². The van der Waals surface area contributed by atoms with Gasteiger partial charge in [0.15, 0.2) is 0 Å². The summed E-state index contributed by atoms with van der Waals surface area (Å²) in [6, 6.07) is -0.361. The Hall–Kier alpha value is -0.810. The molecule has 17 heavy (non-hydrogen) atoms. The summed E-state index contributed by atoms with van der Waals surface area (Å²) in [6.07, 6.45) is -0.659. The van der Waals surface area contributed by atoms with E-state index in [0.717, 1.165) is 0 Å². The minimum atomic E-state index is -0.755. The lowest BCUT2D eigenvalue weighted by Gasteiger charge is -2.34. The van der Waals surface area contributed by atoms with E-state index in [0.29, 0.717) is 0 Å². The molecule has 0 unspecified atom stereocenters. The molecule has 0 bridgehead atoms. The van der Waals surface area contributed by atoms with Gasteiger partial charge in [-0.1, -0.05) is 0 Å². The van der Waals surface area contributed by atoms with Gasteiger partial charge in [0.2, 0.25) is 0 Å². The number of aliphatic hydroxyl groups excluding tert-OH is 1. The highest BCUT2D eigenvalue weighted by atomic mass is 16.6. The van der Waals surface area contributed by atoms with Crippen molar-refractivity contribution in [2.45, 2.75) is 65.0 Å². The maximum absolute atomic E-state index is 12.1. The second kappa shape index (κ2) is 4.46. The monoisotopic (exact) mass is 245 g/mol. The largest absolute Gasteiger partial charge is 0.444 e. The average molecular weight is 245 g/mol. The van der Waals surface area contributed by atoms with Crippen LogP contribution in [0.25, 0.3) is 0 Å². The number of nitrogens with zero attached hydrogens (tertiary/aromatic N) is 1. The van der Waals surface area contributed by atoms with Gasteiger partial charge in [0.1, 0.15) is 11.3 Å². The minimum Gasteiger partial charge on any atom is -0.444 e. The Kier molecular flexibility index (Phi) is 3.74. The van der Waals surface area contributed by atoms with Crippen molar-refractivity contribution in [3.63, 3.8) is 0 Å². The summed E-state index contributed by atoms with van der Waals surface area (Å²) >= 11 is 0. The first-order valence-corrected chi connectivity index (χ1v) is 5.89. The Labute approximate surface area is 103 Å². The summed E-state index contributed by atoms with van der Waals surface area (Å²) in [7, 11) is 0. The second-order valence-electron chi connectivity index (χ2n) is 5.87. The highest BCUT2D eigenvalue weighted by molar-refractivity contribution is 5.69. The third-order valence-corrected chi connectivity index (χ3v) is 2.71. The summed E-state index contributed by atoms with van der Waals surface area (Å²) in [4.78, 5) is 13.6. The van der Waals surface area contributed by atoms with Gasteiger partial charge in [-0.2, -0.15) is 0 Å². The standard InChI is InChI=1S/C12H23NO4/c1-8-9(7-14)13(12(5,6)16-8)10(15)17-11(2,3)4/h8-9,14H,7H2,1-6H3/t8-,9-/m1/s1. The summed E-state index contributed by atoms with van der Waals surface area (Å²) in [5.41, 5.74) is -1.31. The van der Waals surface area contributed by atoms with Gasteiger partial charge in [0.05, 0.1) is 18.8 Å². The topological polar surface area (TPSA) is 59.0 Å². The molecule has 1 rings (SSSR count). The van der Waals surface area contributed by atoms with Crippen molar-refractivity contribution >= 4 is 6.09 Å². The molecule has 2 atom stereocenters. The number of rotatable bonds is 1. The van der Waals surface area contributed by atoms with Gasteiger partial charge in [-0.25, -0.2) is 4.79 Å². The number of carbonyl (C=O) groups is 1. The fourth-order valence-corrected chi connectivity index (χ4v) is 2.10. The predicted octanol–water partition coefficient (Wildman–Crippen LogP) is 1.74. The molecule has 0 spiro atoms. The SMILES string of the molecule is C[C@H]1OC(C)(C)N(C(=O)OC(C)(C)C)[C@@H]1CO. The molecular formula is C12H23NO4. The van der Waals surface area contributed by atoms with Gasteiger partial charge in [-0.3, -0.25) is 4.90 Å². The third-order valence-electron chi connectivity index (χ3n) is 2.71. The lowest BCUT2D eigenvalue weighted by atomic mass is 10.1. The van der Waals surface area contributed by atoms with Crippen LogP contribution in [0.5, 0.6) is 0 Å².